The first-order valence-electron chi connectivity index (χ1n) is 8.38. The summed E-state index contributed by atoms with van der Waals surface area (Å²) in [6.07, 6.45) is 0. The van der Waals surface area contributed by atoms with Crippen molar-refractivity contribution in [3.63, 3.8) is 0 Å². The predicted octanol–water partition coefficient (Wildman–Crippen LogP) is 2.74. The minimum atomic E-state index is -1.86. The second-order valence-corrected chi connectivity index (χ2v) is 7.16. The van der Waals surface area contributed by atoms with Crippen LogP contribution in [-0.4, -0.2) is 48.2 Å². The number of benzene rings is 2. The van der Waals surface area contributed by atoms with E-state index in [1.807, 2.05) is 0 Å². The second-order valence-electron chi connectivity index (χ2n) is 5.95. The Morgan fingerprint density at radius 2 is 1.14 bits per heavy atom. The van der Waals surface area contributed by atoms with E-state index in [4.69, 9.17) is 7.53 Å². The van der Waals surface area contributed by atoms with Gasteiger partial charge in [0, 0.05) is 0 Å². The molecular weight excluding hydrogens is 437 g/mol. The van der Waals surface area contributed by atoms with Crippen LogP contribution in [0.4, 0.5) is 0 Å². The molecule has 4 aromatic rings. The topological polar surface area (TPSA) is 119 Å². The number of phenolic OH excluding ortho intramolecular Hbond substituents is 2. The number of pyridine rings is 2. The number of fused-ring (bicyclic) bond motifs is 2. The molecule has 0 aliphatic carbocycles. The van der Waals surface area contributed by atoms with Crippen molar-refractivity contribution in [2.75, 3.05) is 0 Å². The number of nitrogens with zero attached hydrogens (tertiary/aromatic N) is 2. The van der Waals surface area contributed by atoms with Gasteiger partial charge in [0.25, 0.3) is 0 Å². The molecule has 142 valence electrons. The third-order valence-corrected chi connectivity index (χ3v) is 5.21. The van der Waals surface area contributed by atoms with E-state index in [0.717, 1.165) is 0 Å². The molecule has 8 nitrogen and oxygen atoms in total. The summed E-state index contributed by atoms with van der Waals surface area (Å²) in [5, 5.41) is 21.0. The molecule has 0 saturated carbocycles. The van der Waals surface area contributed by atoms with Crippen molar-refractivity contribution >= 4 is 49.8 Å². The van der Waals surface area contributed by atoms with Crippen molar-refractivity contribution in [2.24, 2.45) is 0 Å². The van der Waals surface area contributed by atoms with Crippen LogP contribution in [-0.2, 0) is 7.53 Å². The maximum absolute atomic E-state index is 12.2. The van der Waals surface area contributed by atoms with E-state index < -0.39 is 28.0 Å². The number of carbonyl (C=O) groups excluding carboxylic acids is 2. The van der Waals surface area contributed by atoms with Gasteiger partial charge in [0.2, 0.25) is 0 Å². The SMILES string of the molecule is O=C([O][Ge][O]C(=O)c1ccc2cccc(O)c2n1)c1ccc2cccc(O)c2n1. The van der Waals surface area contributed by atoms with Crippen LogP contribution in [0.1, 0.15) is 21.0 Å². The van der Waals surface area contributed by atoms with Gasteiger partial charge in [-0.25, -0.2) is 0 Å². The Hall–Kier alpha value is -3.66. The first kappa shape index (κ1) is 18.7. The Balaban J connectivity index is 1.42. The molecule has 2 heterocycles. The van der Waals surface area contributed by atoms with E-state index in [-0.39, 0.29) is 33.9 Å². The number of aromatic nitrogens is 2. The van der Waals surface area contributed by atoms with Gasteiger partial charge in [-0.1, -0.05) is 0 Å². The summed E-state index contributed by atoms with van der Waals surface area (Å²) in [6.45, 7) is 0. The zero-order valence-corrected chi connectivity index (χ0v) is 16.8. The van der Waals surface area contributed by atoms with Crippen molar-refractivity contribution in [3.05, 3.63) is 72.1 Å². The molecule has 0 aliphatic heterocycles. The summed E-state index contributed by atoms with van der Waals surface area (Å²) >= 11 is -1.86. The Labute approximate surface area is 170 Å². The van der Waals surface area contributed by atoms with Crippen molar-refractivity contribution in [1.29, 1.82) is 0 Å². The molecule has 0 fully saturated rings. The number of aromatic hydroxyl groups is 2. The molecule has 0 aliphatic rings. The zero-order valence-electron chi connectivity index (χ0n) is 14.7. The number of hydrogen-bond donors (Lipinski definition) is 2. The van der Waals surface area contributed by atoms with Crippen LogP contribution < -0.4 is 0 Å². The maximum atomic E-state index is 12.2. The van der Waals surface area contributed by atoms with Crippen LogP contribution in [0.2, 0.25) is 0 Å². The molecule has 2 aromatic carbocycles. The Morgan fingerprint density at radius 3 is 1.59 bits per heavy atom. The third-order valence-electron chi connectivity index (χ3n) is 4.08. The van der Waals surface area contributed by atoms with Crippen LogP contribution >= 0.6 is 0 Å². The molecule has 0 spiro atoms. The summed E-state index contributed by atoms with van der Waals surface area (Å²) in [6, 6.07) is 16.0. The Morgan fingerprint density at radius 1 is 0.690 bits per heavy atom. The average molecular weight is 449 g/mol. The molecule has 29 heavy (non-hydrogen) atoms. The predicted molar refractivity (Wildman–Crippen MR) is 103 cm³/mol. The molecule has 0 saturated heterocycles. The number of para-hydroxylation sites is 2. The summed E-state index contributed by atoms with van der Waals surface area (Å²) in [5.41, 5.74) is 0.540. The molecule has 4 rings (SSSR count). The van der Waals surface area contributed by atoms with Crippen LogP contribution in [0.5, 0.6) is 11.5 Å². The molecule has 0 amide bonds. The minimum absolute atomic E-state index is 0.00690. The number of carbonyl (C=O) groups is 2. The number of rotatable bonds is 4. The Kier molecular flexibility index (Phi) is 5.00. The summed E-state index contributed by atoms with van der Waals surface area (Å²) in [4.78, 5) is 32.5. The van der Waals surface area contributed by atoms with Gasteiger partial charge < -0.3 is 0 Å². The van der Waals surface area contributed by atoms with E-state index in [2.05, 4.69) is 9.97 Å². The van der Waals surface area contributed by atoms with Gasteiger partial charge in [-0.3, -0.25) is 0 Å². The summed E-state index contributed by atoms with van der Waals surface area (Å²) in [7, 11) is 0. The van der Waals surface area contributed by atoms with E-state index in [9.17, 15) is 19.8 Å². The van der Waals surface area contributed by atoms with Crippen LogP contribution in [0.25, 0.3) is 21.8 Å². The van der Waals surface area contributed by atoms with Crippen LogP contribution in [0.3, 0.4) is 0 Å². The monoisotopic (exact) mass is 450 g/mol. The van der Waals surface area contributed by atoms with Crippen LogP contribution in [0, 0.1) is 0 Å². The normalized spacial score (nSPS) is 10.8. The Bertz CT molecular complexity index is 1160. The van der Waals surface area contributed by atoms with Crippen molar-refractivity contribution in [1.82, 2.24) is 9.97 Å². The first-order valence-corrected chi connectivity index (χ1v) is 10.1. The van der Waals surface area contributed by atoms with E-state index in [0.29, 0.717) is 10.8 Å². The van der Waals surface area contributed by atoms with Gasteiger partial charge in [-0.05, 0) is 0 Å². The van der Waals surface area contributed by atoms with Crippen molar-refractivity contribution in [3.8, 4) is 11.5 Å². The molecule has 2 aromatic heterocycles. The molecule has 0 unspecified atom stereocenters. The molecule has 2 radical (unpaired) electrons. The van der Waals surface area contributed by atoms with Crippen LogP contribution in [0.15, 0.2) is 60.7 Å². The molecule has 0 atom stereocenters. The molecule has 0 bridgehead atoms. The van der Waals surface area contributed by atoms with Gasteiger partial charge in [-0.2, -0.15) is 0 Å². The fraction of sp³-hybridized carbons (Fsp3) is 0. The average Bonchev–Trinajstić information content (AvgIpc) is 2.74. The summed E-state index contributed by atoms with van der Waals surface area (Å²) in [5.74, 6) is -1.62. The van der Waals surface area contributed by atoms with Gasteiger partial charge in [0.15, 0.2) is 0 Å². The fourth-order valence-electron chi connectivity index (χ4n) is 2.69. The molecule has 2 N–H and O–H groups in total. The molecular formula is C20H12GeN2O6. The third kappa shape index (κ3) is 3.83. The quantitative estimate of drug-likeness (QED) is 0.457. The van der Waals surface area contributed by atoms with E-state index >= 15 is 0 Å². The summed E-state index contributed by atoms with van der Waals surface area (Å²) < 4.78 is 10.1. The zero-order chi connectivity index (χ0) is 20.4. The van der Waals surface area contributed by atoms with Gasteiger partial charge >= 0.3 is 171 Å². The van der Waals surface area contributed by atoms with E-state index in [1.54, 1.807) is 36.4 Å². The number of hydrogen-bond acceptors (Lipinski definition) is 8. The standard InChI is InChI=1S/C20H12GeN2O6/c24-15-5-1-3-11-7-9-13(22-17(11)15)19(26)28-21-29-20(27)14-10-8-12-4-2-6-16(25)18(12)23-14/h1-10,24-25H. The van der Waals surface area contributed by atoms with Gasteiger partial charge in [-0.15, -0.1) is 0 Å². The first-order chi connectivity index (χ1) is 14.0. The second kappa shape index (κ2) is 7.76. The van der Waals surface area contributed by atoms with E-state index in [1.165, 1.54) is 24.3 Å². The number of phenols is 2. The molecule has 9 heteroatoms. The van der Waals surface area contributed by atoms with Gasteiger partial charge in [0.05, 0.1) is 0 Å². The van der Waals surface area contributed by atoms with Crippen molar-refractivity contribution in [2.45, 2.75) is 0 Å². The van der Waals surface area contributed by atoms with Crippen molar-refractivity contribution < 1.29 is 27.3 Å². The van der Waals surface area contributed by atoms with Gasteiger partial charge in [0.1, 0.15) is 0 Å². The fourth-order valence-corrected chi connectivity index (χ4v) is 3.54.